The molecule has 17 heavy (non-hydrogen) atoms. The van der Waals surface area contributed by atoms with Crippen LogP contribution in [0.5, 0.6) is 0 Å². The van der Waals surface area contributed by atoms with Crippen LogP contribution in [0.2, 0.25) is 5.02 Å². The maximum absolute atomic E-state index is 12.0. The molecule has 0 radical (unpaired) electrons. The van der Waals surface area contributed by atoms with Gasteiger partial charge in [-0.15, -0.1) is 0 Å². The fraction of sp³-hybridized carbons (Fsp3) is 0.462. The lowest BCUT2D eigenvalue weighted by atomic mass is 10.1. The highest BCUT2D eigenvalue weighted by molar-refractivity contribution is 6.31. The van der Waals surface area contributed by atoms with E-state index in [4.69, 9.17) is 17.3 Å². The van der Waals surface area contributed by atoms with E-state index in [0.717, 1.165) is 5.56 Å². The van der Waals surface area contributed by atoms with E-state index in [1.807, 2.05) is 38.1 Å². The largest absolute Gasteiger partial charge is 0.337 e. The van der Waals surface area contributed by atoms with Crippen LogP contribution in [0.1, 0.15) is 25.8 Å². The fourth-order valence-corrected chi connectivity index (χ4v) is 1.78. The van der Waals surface area contributed by atoms with E-state index in [1.54, 1.807) is 4.90 Å². The van der Waals surface area contributed by atoms with Crippen molar-refractivity contribution >= 4 is 17.5 Å². The van der Waals surface area contributed by atoms with Gasteiger partial charge in [0, 0.05) is 18.1 Å². The van der Waals surface area contributed by atoms with Gasteiger partial charge in [0.05, 0.1) is 6.04 Å². The standard InChI is InChI=1S/C13H19ClN2O/c1-3-12(15)13(17)16(4-2)9-10-7-5-6-8-11(10)14/h5-8,12H,3-4,9,15H2,1-2H3/t12-/m1/s1. The molecule has 0 aliphatic rings. The molecule has 0 saturated heterocycles. The third-order valence-electron chi connectivity index (χ3n) is 2.77. The number of nitrogens with zero attached hydrogens (tertiary/aromatic N) is 1. The predicted octanol–water partition coefficient (Wildman–Crippen LogP) is 2.43. The summed E-state index contributed by atoms with van der Waals surface area (Å²) in [5.41, 5.74) is 6.71. The predicted molar refractivity (Wildman–Crippen MR) is 70.8 cm³/mol. The number of amides is 1. The van der Waals surface area contributed by atoms with Gasteiger partial charge in [-0.25, -0.2) is 0 Å². The molecule has 0 spiro atoms. The number of halogens is 1. The number of nitrogens with two attached hydrogens (primary N) is 1. The van der Waals surface area contributed by atoms with Crippen LogP contribution in [0.15, 0.2) is 24.3 Å². The van der Waals surface area contributed by atoms with Crippen molar-refractivity contribution in [1.29, 1.82) is 0 Å². The Morgan fingerprint density at radius 1 is 1.41 bits per heavy atom. The van der Waals surface area contributed by atoms with Crippen molar-refractivity contribution in [3.05, 3.63) is 34.9 Å². The van der Waals surface area contributed by atoms with E-state index in [-0.39, 0.29) is 5.91 Å². The van der Waals surface area contributed by atoms with Crippen LogP contribution in [0.25, 0.3) is 0 Å². The molecule has 3 nitrogen and oxygen atoms in total. The topological polar surface area (TPSA) is 46.3 Å². The first-order valence-corrected chi connectivity index (χ1v) is 6.25. The average Bonchev–Trinajstić information content (AvgIpc) is 2.36. The summed E-state index contributed by atoms with van der Waals surface area (Å²) in [5, 5.41) is 0.684. The average molecular weight is 255 g/mol. The smallest absolute Gasteiger partial charge is 0.239 e. The van der Waals surface area contributed by atoms with Gasteiger partial charge in [-0.1, -0.05) is 36.7 Å². The molecule has 0 heterocycles. The maximum atomic E-state index is 12.0. The van der Waals surface area contributed by atoms with E-state index < -0.39 is 6.04 Å². The van der Waals surface area contributed by atoms with Gasteiger partial charge in [-0.3, -0.25) is 4.79 Å². The molecule has 0 aliphatic heterocycles. The molecule has 0 saturated carbocycles. The number of carbonyl (C=O) groups excluding carboxylic acids is 1. The lowest BCUT2D eigenvalue weighted by Gasteiger charge is -2.24. The van der Waals surface area contributed by atoms with Gasteiger partial charge in [0.2, 0.25) is 5.91 Å². The monoisotopic (exact) mass is 254 g/mol. The first-order valence-electron chi connectivity index (χ1n) is 5.87. The molecular formula is C13H19ClN2O. The van der Waals surface area contributed by atoms with E-state index in [9.17, 15) is 4.79 Å². The van der Waals surface area contributed by atoms with Gasteiger partial charge in [-0.2, -0.15) is 0 Å². The molecule has 0 fully saturated rings. The van der Waals surface area contributed by atoms with E-state index in [2.05, 4.69) is 0 Å². The molecule has 1 aromatic carbocycles. The van der Waals surface area contributed by atoms with Crippen LogP contribution >= 0.6 is 11.6 Å². The normalized spacial score (nSPS) is 12.2. The summed E-state index contributed by atoms with van der Waals surface area (Å²) in [5.74, 6) is -0.0186. The second-order valence-corrected chi connectivity index (χ2v) is 4.37. The Morgan fingerprint density at radius 2 is 2.06 bits per heavy atom. The van der Waals surface area contributed by atoms with Gasteiger partial charge in [-0.05, 0) is 25.0 Å². The Labute approximate surface area is 108 Å². The van der Waals surface area contributed by atoms with Crippen molar-refractivity contribution in [3.8, 4) is 0 Å². The molecule has 0 aliphatic carbocycles. The van der Waals surface area contributed by atoms with Crippen LogP contribution < -0.4 is 5.73 Å². The summed E-state index contributed by atoms with van der Waals surface area (Å²) in [7, 11) is 0. The van der Waals surface area contributed by atoms with Crippen molar-refractivity contribution in [2.45, 2.75) is 32.9 Å². The summed E-state index contributed by atoms with van der Waals surface area (Å²) in [6, 6.07) is 7.13. The van der Waals surface area contributed by atoms with E-state index in [0.29, 0.717) is 24.5 Å². The van der Waals surface area contributed by atoms with Crippen LogP contribution in [-0.2, 0) is 11.3 Å². The maximum Gasteiger partial charge on any atom is 0.239 e. The Kier molecular flexibility index (Phi) is 5.45. The zero-order valence-electron chi connectivity index (χ0n) is 10.3. The number of hydrogen-bond acceptors (Lipinski definition) is 2. The summed E-state index contributed by atoms with van der Waals surface area (Å²) >= 11 is 6.07. The highest BCUT2D eigenvalue weighted by Crippen LogP contribution is 2.17. The lowest BCUT2D eigenvalue weighted by Crippen LogP contribution is -2.42. The second-order valence-electron chi connectivity index (χ2n) is 3.96. The summed E-state index contributed by atoms with van der Waals surface area (Å²) in [6.07, 6.45) is 0.651. The molecule has 1 atom stereocenters. The third kappa shape index (κ3) is 3.72. The fourth-order valence-electron chi connectivity index (χ4n) is 1.59. The van der Waals surface area contributed by atoms with Gasteiger partial charge in [0.25, 0.3) is 0 Å². The van der Waals surface area contributed by atoms with Crippen LogP contribution in [0, 0.1) is 0 Å². The second kappa shape index (κ2) is 6.62. The summed E-state index contributed by atoms with van der Waals surface area (Å²) in [6.45, 7) is 5.00. The van der Waals surface area contributed by atoms with Crippen molar-refractivity contribution in [3.63, 3.8) is 0 Å². The van der Waals surface area contributed by atoms with E-state index in [1.165, 1.54) is 0 Å². The van der Waals surface area contributed by atoms with Gasteiger partial charge < -0.3 is 10.6 Å². The molecule has 0 unspecified atom stereocenters. The molecular weight excluding hydrogens is 236 g/mol. The number of likely N-dealkylation sites (N-methyl/N-ethyl adjacent to an activating group) is 1. The Morgan fingerprint density at radius 3 is 2.59 bits per heavy atom. The Balaban J connectivity index is 2.77. The third-order valence-corrected chi connectivity index (χ3v) is 3.14. The summed E-state index contributed by atoms with van der Waals surface area (Å²) < 4.78 is 0. The van der Waals surface area contributed by atoms with Gasteiger partial charge >= 0.3 is 0 Å². The summed E-state index contributed by atoms with van der Waals surface area (Å²) in [4.78, 5) is 13.7. The minimum atomic E-state index is -0.419. The highest BCUT2D eigenvalue weighted by atomic mass is 35.5. The molecule has 1 rings (SSSR count). The molecule has 1 aromatic rings. The van der Waals surface area contributed by atoms with Gasteiger partial charge in [0.15, 0.2) is 0 Å². The zero-order valence-corrected chi connectivity index (χ0v) is 11.1. The molecule has 0 bridgehead atoms. The Bertz CT molecular complexity index is 381. The Hall–Kier alpha value is -1.06. The van der Waals surface area contributed by atoms with Crippen molar-refractivity contribution < 1.29 is 4.79 Å². The SMILES string of the molecule is CC[C@@H](N)C(=O)N(CC)Cc1ccccc1Cl. The van der Waals surface area contributed by atoms with Crippen molar-refractivity contribution in [2.75, 3.05) is 6.54 Å². The van der Waals surface area contributed by atoms with Crippen molar-refractivity contribution in [2.24, 2.45) is 5.73 Å². The molecule has 94 valence electrons. The van der Waals surface area contributed by atoms with Crippen LogP contribution in [-0.4, -0.2) is 23.4 Å². The molecule has 0 aromatic heterocycles. The lowest BCUT2D eigenvalue weighted by molar-refractivity contribution is -0.133. The van der Waals surface area contributed by atoms with Gasteiger partial charge in [0.1, 0.15) is 0 Å². The number of carbonyl (C=O) groups is 1. The number of hydrogen-bond donors (Lipinski definition) is 1. The molecule has 1 amide bonds. The molecule has 2 N–H and O–H groups in total. The molecule has 4 heteroatoms. The minimum absolute atomic E-state index is 0.0186. The van der Waals surface area contributed by atoms with Crippen LogP contribution in [0.3, 0.4) is 0 Å². The number of benzene rings is 1. The number of rotatable bonds is 5. The van der Waals surface area contributed by atoms with E-state index >= 15 is 0 Å². The first kappa shape index (κ1) is 14.0. The van der Waals surface area contributed by atoms with Crippen LogP contribution in [0.4, 0.5) is 0 Å². The van der Waals surface area contributed by atoms with Crippen molar-refractivity contribution in [1.82, 2.24) is 4.90 Å². The highest BCUT2D eigenvalue weighted by Gasteiger charge is 2.18. The minimum Gasteiger partial charge on any atom is -0.337 e. The zero-order chi connectivity index (χ0) is 12.8. The quantitative estimate of drug-likeness (QED) is 0.877. The first-order chi connectivity index (χ1) is 8.10.